The molecule has 0 saturated carbocycles. The molecule has 0 radical (unpaired) electrons. The molecule has 2 aromatic rings. The first-order chi connectivity index (χ1) is 9.02. The van der Waals surface area contributed by atoms with E-state index >= 15 is 0 Å². The second-order valence-corrected chi connectivity index (χ2v) is 3.94. The number of carbonyl (C=O) groups is 1. The lowest BCUT2D eigenvalue weighted by Gasteiger charge is -2.08. The second kappa shape index (κ2) is 5.05. The molecule has 19 heavy (non-hydrogen) atoms. The number of esters is 1. The summed E-state index contributed by atoms with van der Waals surface area (Å²) < 4.78 is 10.1. The number of hydrogen-bond donors (Lipinski definition) is 1. The van der Waals surface area contributed by atoms with Gasteiger partial charge in [-0.3, -0.25) is 0 Å². The summed E-state index contributed by atoms with van der Waals surface area (Å²) in [6, 6.07) is 1.67. The van der Waals surface area contributed by atoms with E-state index in [1.54, 1.807) is 26.8 Å². The number of carbonyl (C=O) groups excluding carboxylic acids is 1. The summed E-state index contributed by atoms with van der Waals surface area (Å²) >= 11 is 0. The van der Waals surface area contributed by atoms with Crippen molar-refractivity contribution in [2.75, 3.05) is 12.3 Å². The third kappa shape index (κ3) is 2.54. The van der Waals surface area contributed by atoms with Crippen LogP contribution in [0, 0.1) is 13.8 Å². The maximum atomic E-state index is 12.0. The number of aryl methyl sites for hydroxylation is 2. The van der Waals surface area contributed by atoms with Gasteiger partial charge in [-0.05, 0) is 20.8 Å². The van der Waals surface area contributed by atoms with Gasteiger partial charge in [0.05, 0.1) is 18.0 Å². The molecule has 7 nitrogen and oxygen atoms in total. The summed E-state index contributed by atoms with van der Waals surface area (Å²) in [5.41, 5.74) is 7.27. The Hall–Kier alpha value is -2.44. The van der Waals surface area contributed by atoms with Crippen molar-refractivity contribution in [1.82, 2.24) is 15.1 Å². The number of rotatable bonds is 3. The molecule has 0 atom stereocenters. The summed E-state index contributed by atoms with van der Waals surface area (Å²) in [4.78, 5) is 20.0. The van der Waals surface area contributed by atoms with Crippen molar-refractivity contribution in [3.63, 3.8) is 0 Å². The number of nitrogens with zero attached hydrogens (tertiary/aromatic N) is 3. The van der Waals surface area contributed by atoms with Crippen LogP contribution in [0.3, 0.4) is 0 Å². The fourth-order valence-electron chi connectivity index (χ4n) is 1.70. The number of nitrogen functional groups attached to an aromatic ring is 1. The third-order valence-corrected chi connectivity index (χ3v) is 2.45. The minimum absolute atomic E-state index is 0.0644. The van der Waals surface area contributed by atoms with Crippen LogP contribution in [0.2, 0.25) is 0 Å². The van der Waals surface area contributed by atoms with E-state index in [1.807, 2.05) is 0 Å². The predicted octanol–water partition coefficient (Wildman–Crippen LogP) is 1.51. The summed E-state index contributed by atoms with van der Waals surface area (Å²) in [5.74, 6) is -0.0867. The van der Waals surface area contributed by atoms with Crippen molar-refractivity contribution in [2.24, 2.45) is 0 Å². The van der Waals surface area contributed by atoms with Crippen LogP contribution in [0.1, 0.15) is 28.7 Å². The van der Waals surface area contributed by atoms with E-state index in [2.05, 4.69) is 15.1 Å². The molecule has 2 heterocycles. The first-order valence-electron chi connectivity index (χ1n) is 5.77. The molecule has 0 spiro atoms. The number of aromatic nitrogens is 3. The van der Waals surface area contributed by atoms with Crippen LogP contribution in [0.25, 0.3) is 11.5 Å². The first-order valence-corrected chi connectivity index (χ1v) is 5.77. The smallest absolute Gasteiger partial charge is 0.342 e. The molecule has 0 bridgehead atoms. The monoisotopic (exact) mass is 262 g/mol. The van der Waals surface area contributed by atoms with E-state index in [1.165, 1.54) is 0 Å². The Balaban J connectivity index is 2.61. The van der Waals surface area contributed by atoms with Crippen molar-refractivity contribution < 1.29 is 14.1 Å². The van der Waals surface area contributed by atoms with Gasteiger partial charge in [-0.25, -0.2) is 14.8 Å². The Labute approximate surface area is 109 Å². The molecule has 0 saturated heterocycles. The molecule has 2 N–H and O–H groups in total. The van der Waals surface area contributed by atoms with Gasteiger partial charge in [0.1, 0.15) is 11.3 Å². The molecule has 0 amide bonds. The Morgan fingerprint density at radius 1 is 1.42 bits per heavy atom. The minimum atomic E-state index is -0.510. The highest BCUT2D eigenvalue weighted by Crippen LogP contribution is 2.25. The van der Waals surface area contributed by atoms with E-state index in [-0.39, 0.29) is 18.1 Å². The highest BCUT2D eigenvalue weighted by atomic mass is 16.5. The van der Waals surface area contributed by atoms with Crippen LogP contribution in [0.15, 0.2) is 10.6 Å². The summed E-state index contributed by atoms with van der Waals surface area (Å²) in [6.07, 6.45) is 0. The molecule has 7 heteroatoms. The van der Waals surface area contributed by atoms with E-state index in [0.717, 1.165) is 0 Å². The SMILES string of the molecule is CCOC(=O)c1c(C)nc(N)nc1-c1cc(C)no1. The van der Waals surface area contributed by atoms with Gasteiger partial charge < -0.3 is 15.0 Å². The predicted molar refractivity (Wildman–Crippen MR) is 67.4 cm³/mol. The van der Waals surface area contributed by atoms with Crippen LogP contribution in [0.5, 0.6) is 0 Å². The number of ether oxygens (including phenoxy) is 1. The summed E-state index contributed by atoms with van der Waals surface area (Å²) in [7, 11) is 0. The number of anilines is 1. The van der Waals surface area contributed by atoms with Crippen molar-refractivity contribution in [2.45, 2.75) is 20.8 Å². The molecule has 0 aliphatic rings. The fraction of sp³-hybridized carbons (Fsp3) is 0.333. The average Bonchev–Trinajstić information content (AvgIpc) is 2.75. The Kier molecular flexibility index (Phi) is 3.46. The maximum Gasteiger partial charge on any atom is 0.342 e. The van der Waals surface area contributed by atoms with E-state index in [0.29, 0.717) is 22.8 Å². The Morgan fingerprint density at radius 3 is 2.74 bits per heavy atom. The van der Waals surface area contributed by atoms with Crippen LogP contribution < -0.4 is 5.73 Å². The van der Waals surface area contributed by atoms with Crippen molar-refractivity contribution in [1.29, 1.82) is 0 Å². The van der Waals surface area contributed by atoms with Gasteiger partial charge in [0.2, 0.25) is 5.95 Å². The Morgan fingerprint density at radius 2 is 2.16 bits per heavy atom. The molecular weight excluding hydrogens is 248 g/mol. The molecule has 2 aromatic heterocycles. The Bertz CT molecular complexity index is 621. The standard InChI is InChI=1S/C12H14N4O3/c1-4-18-11(17)9-7(3)14-12(13)15-10(9)8-5-6(2)16-19-8/h5H,4H2,1-3H3,(H2,13,14,15). The first kappa shape index (κ1) is 13.0. The molecule has 0 aliphatic heterocycles. The maximum absolute atomic E-state index is 12.0. The highest BCUT2D eigenvalue weighted by Gasteiger charge is 2.23. The van der Waals surface area contributed by atoms with E-state index in [4.69, 9.17) is 15.0 Å². The molecule has 0 unspecified atom stereocenters. The lowest BCUT2D eigenvalue weighted by molar-refractivity contribution is 0.0525. The minimum Gasteiger partial charge on any atom is -0.462 e. The third-order valence-electron chi connectivity index (χ3n) is 2.45. The zero-order valence-electron chi connectivity index (χ0n) is 10.9. The van der Waals surface area contributed by atoms with Gasteiger partial charge in [0.25, 0.3) is 0 Å². The van der Waals surface area contributed by atoms with E-state index in [9.17, 15) is 4.79 Å². The summed E-state index contributed by atoms with van der Waals surface area (Å²) in [6.45, 7) is 5.42. The van der Waals surface area contributed by atoms with Gasteiger partial charge in [0.15, 0.2) is 5.76 Å². The van der Waals surface area contributed by atoms with Crippen molar-refractivity contribution >= 4 is 11.9 Å². The van der Waals surface area contributed by atoms with Crippen molar-refractivity contribution in [3.05, 3.63) is 23.0 Å². The largest absolute Gasteiger partial charge is 0.462 e. The quantitative estimate of drug-likeness (QED) is 0.836. The molecule has 0 fully saturated rings. The summed E-state index contributed by atoms with van der Waals surface area (Å²) in [5, 5.41) is 3.77. The lowest BCUT2D eigenvalue weighted by Crippen LogP contribution is -2.13. The van der Waals surface area contributed by atoms with Crippen LogP contribution in [-0.4, -0.2) is 27.7 Å². The zero-order chi connectivity index (χ0) is 14.0. The fourth-order valence-corrected chi connectivity index (χ4v) is 1.70. The van der Waals surface area contributed by atoms with Crippen LogP contribution in [0.4, 0.5) is 5.95 Å². The van der Waals surface area contributed by atoms with Gasteiger partial charge in [-0.2, -0.15) is 0 Å². The second-order valence-electron chi connectivity index (χ2n) is 3.94. The number of nitrogens with two attached hydrogens (primary N) is 1. The normalized spacial score (nSPS) is 10.5. The molecule has 0 aromatic carbocycles. The molecule has 0 aliphatic carbocycles. The van der Waals surface area contributed by atoms with Gasteiger partial charge in [-0.1, -0.05) is 5.16 Å². The van der Waals surface area contributed by atoms with Crippen LogP contribution in [-0.2, 0) is 4.74 Å². The van der Waals surface area contributed by atoms with Crippen LogP contribution >= 0.6 is 0 Å². The zero-order valence-corrected chi connectivity index (χ0v) is 10.9. The van der Waals surface area contributed by atoms with Gasteiger partial charge in [-0.15, -0.1) is 0 Å². The average molecular weight is 262 g/mol. The van der Waals surface area contributed by atoms with Gasteiger partial charge >= 0.3 is 5.97 Å². The van der Waals surface area contributed by atoms with Gasteiger partial charge in [0, 0.05) is 6.07 Å². The lowest BCUT2D eigenvalue weighted by atomic mass is 10.1. The van der Waals surface area contributed by atoms with Crippen molar-refractivity contribution in [3.8, 4) is 11.5 Å². The topological polar surface area (TPSA) is 104 Å². The highest BCUT2D eigenvalue weighted by molar-refractivity contribution is 5.96. The number of hydrogen-bond acceptors (Lipinski definition) is 7. The molecule has 2 rings (SSSR count). The van der Waals surface area contributed by atoms with E-state index < -0.39 is 5.97 Å². The molecular formula is C12H14N4O3. The molecule has 100 valence electrons.